The molecule has 2 amide bonds. The fourth-order valence-corrected chi connectivity index (χ4v) is 13.1. The van der Waals surface area contributed by atoms with Gasteiger partial charge in [0, 0.05) is 97.7 Å². The molecule has 2 unspecified atom stereocenters. The molecule has 18 heteroatoms. The lowest BCUT2D eigenvalue weighted by molar-refractivity contribution is -0.141. The quantitative estimate of drug-likeness (QED) is 0.0842. The van der Waals surface area contributed by atoms with Crippen LogP contribution in [-0.4, -0.2) is 132 Å². The number of piperazine rings is 1. The number of benzene rings is 3. The monoisotopic (exact) mass is 1040 g/mol. The Hall–Kier alpha value is -7.18. The summed E-state index contributed by atoms with van der Waals surface area (Å²) in [5, 5.41) is 42.3. The van der Waals surface area contributed by atoms with Crippen molar-refractivity contribution < 1.29 is 29.0 Å². The van der Waals surface area contributed by atoms with Crippen LogP contribution < -0.4 is 20.4 Å². The van der Waals surface area contributed by atoms with Crippen LogP contribution in [0.2, 0.25) is 0 Å². The van der Waals surface area contributed by atoms with Crippen molar-refractivity contribution in [3.8, 4) is 28.1 Å². The number of β-amino-alcohol motifs (C(OH)–C–C–N with tert-alkyl or cyclic N) is 1. The minimum absolute atomic E-state index is 0.0964. The average Bonchev–Trinajstić information content (AvgIpc) is 4.33. The Bertz CT molecular complexity index is 3150. The topological polar surface area (TPSA) is 201 Å². The number of likely N-dealkylation sites (tertiary alicyclic amines) is 2. The third-order valence-electron chi connectivity index (χ3n) is 17.5. The number of para-hydroxylation sites is 1. The zero-order valence-electron chi connectivity index (χ0n) is 44.3. The molecular weight excluding hydrogens is 976 g/mol. The predicted octanol–water partition coefficient (Wildman–Crippen LogP) is 7.82. The number of nitrogens with zero attached hydrogens (tertiary/aromatic N) is 9. The number of phenols is 1. The number of hydrogen-bond acceptors (Lipinski definition) is 14. The van der Waals surface area contributed by atoms with E-state index in [9.17, 15) is 24.2 Å². The molecule has 3 aromatic heterocycles. The van der Waals surface area contributed by atoms with Gasteiger partial charge >= 0.3 is 0 Å². The van der Waals surface area contributed by atoms with Gasteiger partial charge in [0.05, 0.1) is 23.5 Å². The van der Waals surface area contributed by atoms with Crippen molar-refractivity contribution in [1.29, 1.82) is 0 Å². The fourth-order valence-electron chi connectivity index (χ4n) is 13.1. The highest BCUT2D eigenvalue weighted by molar-refractivity contribution is 5.96. The van der Waals surface area contributed by atoms with Gasteiger partial charge in [-0.25, -0.2) is 14.4 Å². The van der Waals surface area contributed by atoms with Gasteiger partial charge in [-0.2, -0.15) is 0 Å². The van der Waals surface area contributed by atoms with E-state index in [-0.39, 0.29) is 42.3 Å². The molecule has 6 aromatic rings. The van der Waals surface area contributed by atoms with E-state index in [1.54, 1.807) is 35.2 Å². The maximum absolute atomic E-state index is 14.6. The Morgan fingerprint density at radius 1 is 0.844 bits per heavy atom. The standard InChI is InChI=1S/C59H69FN12O5/c1-58(2,3)52(56(76)71-34-43(73)27-49(71)54-65-59(4,77-68-54)39-17-13-36(14-18-39)44-9-5-7-11-47(44)60)64-55(75)37-15-19-40(20-16-37)69-25-23-35(24-26-69)38-29-62-57(63-30-38)72-41-21-22-42(72)33-70(32-41)50-31-61-53-46(50)28-48(66-67-53)45-10-6-8-12-51(45)74/h5-14,17-18,28-31,35,37,40-43,49,52,73-74H,15-16,19-27,32-34H2,1-4H3,(H,61,67)(H,64,75)(H,65,68)/t37-,40+,41?,42?,43-,49+,52-,59+/m1/s1. The summed E-state index contributed by atoms with van der Waals surface area (Å²) >= 11 is 0. The molecule has 5 N–H and O–H groups in total. The number of fused-ring (bicyclic) bond motifs is 3. The molecule has 5 aliphatic heterocycles. The van der Waals surface area contributed by atoms with Crippen molar-refractivity contribution >= 4 is 40.3 Å². The van der Waals surface area contributed by atoms with Crippen LogP contribution in [0.3, 0.4) is 0 Å². The molecule has 402 valence electrons. The number of aromatic nitrogens is 5. The van der Waals surface area contributed by atoms with Gasteiger partial charge in [-0.1, -0.05) is 80.5 Å². The third-order valence-corrected chi connectivity index (χ3v) is 17.5. The number of halogens is 1. The number of amidine groups is 1. The first-order chi connectivity index (χ1) is 37.2. The normalized spacial score (nSPS) is 26.4. The van der Waals surface area contributed by atoms with E-state index in [4.69, 9.17) is 14.8 Å². The van der Waals surface area contributed by atoms with E-state index < -0.39 is 29.3 Å². The summed E-state index contributed by atoms with van der Waals surface area (Å²) in [7, 11) is 0. The summed E-state index contributed by atoms with van der Waals surface area (Å²) in [4.78, 5) is 57.2. The summed E-state index contributed by atoms with van der Waals surface area (Å²) < 4.78 is 14.5. The van der Waals surface area contributed by atoms with E-state index in [1.165, 1.54) is 11.6 Å². The SMILES string of the molecule is CC(C)(C)[C@H](NC(=O)[C@H]1CC[C@@H](N2CCC(c3cnc(N4C5CCC4CN(c4c[nH]c6nnc(-c7ccccc7O)cc46)C5)nc3)CC2)CC1)C(=O)N1C[C@H](O)C[C@H]1C1=NO[C@@](C)(c2ccc(-c3ccccc3F)cc2)N1. The molecule has 8 heterocycles. The van der Waals surface area contributed by atoms with Crippen LogP contribution in [0.15, 0.2) is 103 Å². The second-order valence-electron chi connectivity index (χ2n) is 23.5. The molecule has 6 atom stereocenters. The lowest BCUT2D eigenvalue weighted by atomic mass is 9.81. The lowest BCUT2D eigenvalue weighted by Gasteiger charge is -2.42. The zero-order chi connectivity index (χ0) is 53.2. The number of piperidine rings is 1. The summed E-state index contributed by atoms with van der Waals surface area (Å²) in [6.07, 6.45) is 13.2. The molecule has 6 aliphatic rings. The van der Waals surface area contributed by atoms with Crippen LogP contribution in [-0.2, 0) is 20.2 Å². The number of aromatic amines is 1. The smallest absolute Gasteiger partial charge is 0.246 e. The molecule has 1 aliphatic carbocycles. The maximum Gasteiger partial charge on any atom is 0.246 e. The van der Waals surface area contributed by atoms with Crippen molar-refractivity contribution in [2.75, 3.05) is 42.5 Å². The first-order valence-electron chi connectivity index (χ1n) is 27.6. The number of hydrogen-bond donors (Lipinski definition) is 5. The van der Waals surface area contributed by atoms with Crippen molar-refractivity contribution in [2.45, 2.75) is 133 Å². The first-order valence-corrected chi connectivity index (χ1v) is 27.6. The van der Waals surface area contributed by atoms with Gasteiger partial charge < -0.3 is 50.3 Å². The molecular formula is C59H69FN12O5. The molecule has 0 spiro atoms. The molecule has 5 fully saturated rings. The Balaban J connectivity index is 0.618. The Morgan fingerprint density at radius 2 is 1.52 bits per heavy atom. The molecule has 2 bridgehead atoms. The maximum atomic E-state index is 14.6. The van der Waals surface area contributed by atoms with E-state index in [2.05, 4.69) is 58.1 Å². The first kappa shape index (κ1) is 50.6. The van der Waals surface area contributed by atoms with Crippen LogP contribution in [0.5, 0.6) is 5.75 Å². The molecule has 0 radical (unpaired) electrons. The highest BCUT2D eigenvalue weighted by atomic mass is 19.1. The number of amides is 2. The Kier molecular flexibility index (Phi) is 13.4. The lowest BCUT2D eigenvalue weighted by Crippen LogP contribution is -2.59. The Morgan fingerprint density at radius 3 is 2.21 bits per heavy atom. The molecule has 12 rings (SSSR count). The second-order valence-corrected chi connectivity index (χ2v) is 23.5. The van der Waals surface area contributed by atoms with Crippen LogP contribution in [0, 0.1) is 17.2 Å². The number of rotatable bonds is 11. The number of aliphatic hydroxyl groups is 1. The summed E-state index contributed by atoms with van der Waals surface area (Å²) in [6, 6.07) is 22.9. The number of H-pyrrole nitrogens is 1. The van der Waals surface area contributed by atoms with E-state index >= 15 is 0 Å². The summed E-state index contributed by atoms with van der Waals surface area (Å²) in [5.74, 6) is 0.960. The summed E-state index contributed by atoms with van der Waals surface area (Å²) in [6.45, 7) is 11.5. The molecule has 3 aromatic carbocycles. The number of carbonyl (C=O) groups is 2. The number of carbonyl (C=O) groups excluding carboxylic acids is 2. The number of aromatic hydroxyl groups is 1. The van der Waals surface area contributed by atoms with Gasteiger partial charge in [0.15, 0.2) is 11.5 Å². The van der Waals surface area contributed by atoms with Crippen molar-refractivity contribution in [2.24, 2.45) is 16.5 Å². The van der Waals surface area contributed by atoms with E-state index in [0.717, 1.165) is 111 Å². The highest BCUT2D eigenvalue weighted by Crippen LogP contribution is 2.40. The van der Waals surface area contributed by atoms with Gasteiger partial charge in [-0.05, 0) is 111 Å². The highest BCUT2D eigenvalue weighted by Gasteiger charge is 2.48. The number of phenolic OH excluding ortho intramolecular Hbond substituents is 1. The minimum atomic E-state index is -1.06. The van der Waals surface area contributed by atoms with E-state index in [0.29, 0.717) is 46.7 Å². The summed E-state index contributed by atoms with van der Waals surface area (Å²) in [5.41, 5.74) is 4.65. The van der Waals surface area contributed by atoms with Gasteiger partial charge in [-0.15, -0.1) is 10.2 Å². The van der Waals surface area contributed by atoms with Gasteiger partial charge in [0.2, 0.25) is 23.5 Å². The Labute approximate surface area is 448 Å². The molecule has 17 nitrogen and oxygen atoms in total. The van der Waals surface area contributed by atoms with Crippen LogP contribution in [0.1, 0.15) is 103 Å². The molecule has 4 saturated heterocycles. The number of aliphatic hydroxyl groups excluding tert-OH is 1. The van der Waals surface area contributed by atoms with Gasteiger partial charge in [-0.3, -0.25) is 9.59 Å². The van der Waals surface area contributed by atoms with Crippen molar-refractivity contribution in [3.05, 3.63) is 114 Å². The molecule has 77 heavy (non-hydrogen) atoms. The average molecular weight is 1050 g/mol. The van der Waals surface area contributed by atoms with Crippen LogP contribution in [0.25, 0.3) is 33.4 Å². The number of nitrogens with one attached hydrogen (secondary N) is 3. The zero-order valence-corrected chi connectivity index (χ0v) is 44.3. The third kappa shape index (κ3) is 9.83. The fraction of sp³-hybridized carbons (Fsp3) is 0.475. The number of anilines is 2. The predicted molar refractivity (Wildman–Crippen MR) is 292 cm³/mol. The van der Waals surface area contributed by atoms with E-state index in [1.807, 2.05) is 76.4 Å². The largest absolute Gasteiger partial charge is 0.507 e. The van der Waals surface area contributed by atoms with Gasteiger partial charge in [0.25, 0.3) is 0 Å². The van der Waals surface area contributed by atoms with Crippen LogP contribution >= 0.6 is 0 Å². The number of oxime groups is 1. The van der Waals surface area contributed by atoms with Crippen molar-refractivity contribution in [3.63, 3.8) is 0 Å². The van der Waals surface area contributed by atoms with Crippen LogP contribution in [0.4, 0.5) is 16.0 Å². The minimum Gasteiger partial charge on any atom is -0.507 e. The molecule has 1 saturated carbocycles. The van der Waals surface area contributed by atoms with Crippen molar-refractivity contribution in [1.82, 2.24) is 45.6 Å². The van der Waals surface area contributed by atoms with Gasteiger partial charge in [0.1, 0.15) is 17.6 Å². The second kappa shape index (κ2) is 20.3.